The summed E-state index contributed by atoms with van der Waals surface area (Å²) >= 11 is 0. The molecule has 2 atom stereocenters. The lowest BCUT2D eigenvalue weighted by Gasteiger charge is -2.58. The van der Waals surface area contributed by atoms with Gasteiger partial charge in [0.15, 0.2) is 0 Å². The summed E-state index contributed by atoms with van der Waals surface area (Å²) in [6, 6.07) is 0.365. The molecule has 0 aromatic rings. The highest BCUT2D eigenvalue weighted by molar-refractivity contribution is 5.08. The molecule has 0 aliphatic heterocycles. The Balaban J connectivity index is 1.73. The molecule has 0 saturated heterocycles. The standard InChI is InChI=1S/C15H26F3NO2/c1-2-21-13-10-12(14(13)6-4-3-5-7-14)19-8-9-20-11-15(16,17)18/h12-13,19H,2-11H2,1H3. The van der Waals surface area contributed by atoms with Gasteiger partial charge in [-0.05, 0) is 26.2 Å². The molecule has 2 fully saturated rings. The molecule has 1 N–H and O–H groups in total. The fourth-order valence-corrected chi connectivity index (χ4v) is 3.84. The van der Waals surface area contributed by atoms with E-state index in [9.17, 15) is 13.2 Å². The van der Waals surface area contributed by atoms with Crippen molar-refractivity contribution in [2.45, 2.75) is 63.8 Å². The Morgan fingerprint density at radius 3 is 2.52 bits per heavy atom. The quantitative estimate of drug-likeness (QED) is 0.732. The van der Waals surface area contributed by atoms with E-state index in [0.717, 1.165) is 13.0 Å². The summed E-state index contributed by atoms with van der Waals surface area (Å²) in [5.41, 5.74) is 0.207. The van der Waals surface area contributed by atoms with E-state index in [0.29, 0.717) is 18.7 Å². The maximum atomic E-state index is 12.0. The molecule has 0 amide bonds. The Morgan fingerprint density at radius 2 is 1.90 bits per heavy atom. The highest BCUT2D eigenvalue weighted by Gasteiger charge is 2.55. The van der Waals surface area contributed by atoms with Crippen molar-refractivity contribution in [2.75, 3.05) is 26.4 Å². The van der Waals surface area contributed by atoms with Gasteiger partial charge in [-0.2, -0.15) is 13.2 Å². The molecule has 0 heterocycles. The van der Waals surface area contributed by atoms with Gasteiger partial charge >= 0.3 is 6.18 Å². The van der Waals surface area contributed by atoms with Crippen molar-refractivity contribution in [1.82, 2.24) is 5.32 Å². The topological polar surface area (TPSA) is 30.5 Å². The summed E-state index contributed by atoms with van der Waals surface area (Å²) in [7, 11) is 0. The summed E-state index contributed by atoms with van der Waals surface area (Å²) in [6.07, 6.45) is 3.11. The van der Waals surface area contributed by atoms with Crippen molar-refractivity contribution in [3.63, 3.8) is 0 Å². The van der Waals surface area contributed by atoms with Crippen LogP contribution in [0, 0.1) is 5.41 Å². The van der Waals surface area contributed by atoms with Crippen molar-refractivity contribution in [1.29, 1.82) is 0 Å². The highest BCUT2D eigenvalue weighted by Crippen LogP contribution is 2.53. The van der Waals surface area contributed by atoms with Gasteiger partial charge in [0.1, 0.15) is 6.61 Å². The predicted molar refractivity (Wildman–Crippen MR) is 74.2 cm³/mol. The SMILES string of the molecule is CCOC1CC(NCCOCC(F)(F)F)C12CCCCC2. The van der Waals surface area contributed by atoms with Crippen LogP contribution < -0.4 is 5.32 Å². The third kappa shape index (κ3) is 4.33. The van der Waals surface area contributed by atoms with Gasteiger partial charge < -0.3 is 14.8 Å². The molecule has 3 nitrogen and oxygen atoms in total. The van der Waals surface area contributed by atoms with Crippen LogP contribution in [0.15, 0.2) is 0 Å². The van der Waals surface area contributed by atoms with E-state index in [1.54, 1.807) is 0 Å². The Labute approximate surface area is 124 Å². The fraction of sp³-hybridized carbons (Fsp3) is 1.00. The smallest absolute Gasteiger partial charge is 0.378 e. The second-order valence-corrected chi connectivity index (χ2v) is 6.15. The zero-order chi connectivity index (χ0) is 15.3. The Bertz CT molecular complexity index is 317. The second kappa shape index (κ2) is 7.29. The Hall–Kier alpha value is -0.330. The van der Waals surface area contributed by atoms with Gasteiger partial charge in [0.05, 0.1) is 12.7 Å². The van der Waals surface area contributed by atoms with Crippen molar-refractivity contribution in [2.24, 2.45) is 5.41 Å². The first-order valence-corrected chi connectivity index (χ1v) is 7.97. The van der Waals surface area contributed by atoms with Gasteiger partial charge in [0.25, 0.3) is 0 Å². The largest absolute Gasteiger partial charge is 0.411 e. The summed E-state index contributed by atoms with van der Waals surface area (Å²) in [5, 5.41) is 3.38. The van der Waals surface area contributed by atoms with Crippen LogP contribution in [0.25, 0.3) is 0 Å². The van der Waals surface area contributed by atoms with E-state index >= 15 is 0 Å². The molecule has 0 aromatic heterocycles. The van der Waals surface area contributed by atoms with E-state index in [-0.39, 0.29) is 12.0 Å². The summed E-state index contributed by atoms with van der Waals surface area (Å²) < 4.78 is 46.4. The molecule has 1 spiro atoms. The number of hydrogen-bond acceptors (Lipinski definition) is 3. The molecule has 124 valence electrons. The number of rotatable bonds is 7. The molecule has 2 aliphatic carbocycles. The van der Waals surface area contributed by atoms with Crippen LogP contribution in [0.4, 0.5) is 13.2 Å². The van der Waals surface area contributed by atoms with Crippen molar-refractivity contribution < 1.29 is 22.6 Å². The number of hydrogen-bond donors (Lipinski definition) is 1. The summed E-state index contributed by atoms with van der Waals surface area (Å²) in [5.74, 6) is 0. The first-order valence-electron chi connectivity index (χ1n) is 7.97. The van der Waals surface area contributed by atoms with Crippen LogP contribution >= 0.6 is 0 Å². The van der Waals surface area contributed by atoms with Crippen LogP contribution in [0.5, 0.6) is 0 Å². The molecule has 0 radical (unpaired) electrons. The van der Waals surface area contributed by atoms with Gasteiger partial charge in [-0.3, -0.25) is 0 Å². The maximum Gasteiger partial charge on any atom is 0.411 e. The van der Waals surface area contributed by atoms with Crippen molar-refractivity contribution in [3.05, 3.63) is 0 Å². The molecular weight excluding hydrogens is 283 g/mol. The monoisotopic (exact) mass is 309 g/mol. The number of nitrogens with one attached hydrogen (secondary N) is 1. The minimum absolute atomic E-state index is 0.103. The minimum atomic E-state index is -4.23. The first kappa shape index (κ1) is 17.0. The van der Waals surface area contributed by atoms with E-state index < -0.39 is 12.8 Å². The van der Waals surface area contributed by atoms with Crippen LogP contribution in [0.3, 0.4) is 0 Å². The highest BCUT2D eigenvalue weighted by atomic mass is 19.4. The second-order valence-electron chi connectivity index (χ2n) is 6.15. The molecule has 2 aliphatic rings. The third-order valence-corrected chi connectivity index (χ3v) is 4.84. The molecule has 21 heavy (non-hydrogen) atoms. The van der Waals surface area contributed by atoms with E-state index in [1.165, 1.54) is 32.1 Å². The van der Waals surface area contributed by atoms with Gasteiger partial charge in [-0.15, -0.1) is 0 Å². The lowest BCUT2D eigenvalue weighted by molar-refractivity contribution is -0.175. The maximum absolute atomic E-state index is 12.0. The molecule has 2 saturated carbocycles. The first-order chi connectivity index (χ1) is 9.98. The average Bonchev–Trinajstić information content (AvgIpc) is 2.44. The van der Waals surface area contributed by atoms with Gasteiger partial charge in [0, 0.05) is 24.6 Å². The fourth-order valence-electron chi connectivity index (χ4n) is 3.84. The normalized spacial score (nSPS) is 28.6. The van der Waals surface area contributed by atoms with E-state index in [4.69, 9.17) is 4.74 Å². The Morgan fingerprint density at radius 1 is 1.19 bits per heavy atom. The van der Waals surface area contributed by atoms with Crippen molar-refractivity contribution in [3.8, 4) is 0 Å². The summed E-state index contributed by atoms with van der Waals surface area (Å²) in [6.45, 7) is 2.16. The van der Waals surface area contributed by atoms with Crippen LogP contribution in [-0.4, -0.2) is 44.7 Å². The number of alkyl halides is 3. The predicted octanol–water partition coefficient (Wildman–Crippen LogP) is 3.28. The van der Waals surface area contributed by atoms with Crippen LogP contribution in [0.1, 0.15) is 45.4 Å². The van der Waals surface area contributed by atoms with Crippen molar-refractivity contribution >= 4 is 0 Å². The van der Waals surface area contributed by atoms with Gasteiger partial charge in [0.2, 0.25) is 0 Å². The minimum Gasteiger partial charge on any atom is -0.378 e. The molecular formula is C15H26F3NO2. The van der Waals surface area contributed by atoms with Crippen LogP contribution in [0.2, 0.25) is 0 Å². The average molecular weight is 309 g/mol. The van der Waals surface area contributed by atoms with E-state index in [1.807, 2.05) is 6.92 Å². The molecule has 6 heteroatoms. The zero-order valence-corrected chi connectivity index (χ0v) is 12.7. The summed E-state index contributed by atoms with van der Waals surface area (Å²) in [4.78, 5) is 0. The number of halogens is 3. The lowest BCUT2D eigenvalue weighted by Crippen LogP contribution is -2.64. The number of ether oxygens (including phenoxy) is 2. The lowest BCUT2D eigenvalue weighted by atomic mass is 9.55. The molecule has 2 rings (SSSR count). The molecule has 2 unspecified atom stereocenters. The molecule has 0 aromatic carbocycles. The third-order valence-electron chi connectivity index (χ3n) is 4.84. The van der Waals surface area contributed by atoms with Gasteiger partial charge in [-0.25, -0.2) is 0 Å². The van der Waals surface area contributed by atoms with Crippen LogP contribution in [-0.2, 0) is 9.47 Å². The van der Waals surface area contributed by atoms with Gasteiger partial charge in [-0.1, -0.05) is 19.3 Å². The molecule has 0 bridgehead atoms. The Kier molecular flexibility index (Phi) is 5.91. The van der Waals surface area contributed by atoms with E-state index in [2.05, 4.69) is 10.1 Å². The zero-order valence-electron chi connectivity index (χ0n) is 12.7.